The van der Waals surface area contributed by atoms with Gasteiger partial charge in [-0.05, 0) is 25.6 Å². The van der Waals surface area contributed by atoms with Crippen molar-refractivity contribution in [3.05, 3.63) is 46.4 Å². The topological polar surface area (TPSA) is 45.6 Å². The molecule has 1 atom stereocenters. The number of aliphatic hydroxyl groups excluding tert-OH is 1. The van der Waals surface area contributed by atoms with Gasteiger partial charge in [-0.1, -0.05) is 25.1 Å². The van der Waals surface area contributed by atoms with Crippen molar-refractivity contribution in [1.82, 2.24) is 9.88 Å². The Bertz CT molecular complexity index is 530. The van der Waals surface area contributed by atoms with Gasteiger partial charge in [-0.15, -0.1) is 11.3 Å². The van der Waals surface area contributed by atoms with Gasteiger partial charge < -0.3 is 9.84 Å². The predicted octanol–water partition coefficient (Wildman–Crippen LogP) is 2.58. The van der Waals surface area contributed by atoms with Crippen LogP contribution in [0.15, 0.2) is 36.5 Å². The summed E-state index contributed by atoms with van der Waals surface area (Å²) in [5, 5.41) is 11.1. The molecule has 0 bridgehead atoms. The largest absolute Gasteiger partial charge is 0.491 e. The third kappa shape index (κ3) is 5.46. The van der Waals surface area contributed by atoms with E-state index in [1.807, 2.05) is 43.6 Å². The van der Waals surface area contributed by atoms with Gasteiger partial charge in [0.1, 0.15) is 23.5 Å². The summed E-state index contributed by atoms with van der Waals surface area (Å²) < 4.78 is 5.55. The maximum Gasteiger partial charge on any atom is 0.119 e. The van der Waals surface area contributed by atoms with Crippen LogP contribution in [-0.4, -0.2) is 41.3 Å². The number of ether oxygens (including phenoxy) is 1. The molecule has 0 aliphatic heterocycles. The number of aryl methyl sites for hydroxylation is 1. The van der Waals surface area contributed by atoms with E-state index in [1.165, 1.54) is 4.88 Å². The summed E-state index contributed by atoms with van der Waals surface area (Å²) in [6, 6.07) is 9.55. The van der Waals surface area contributed by atoms with Gasteiger partial charge in [-0.25, -0.2) is 4.98 Å². The van der Waals surface area contributed by atoms with Crippen molar-refractivity contribution in [2.45, 2.75) is 26.0 Å². The van der Waals surface area contributed by atoms with Crippen LogP contribution in [-0.2, 0) is 13.0 Å². The molecule has 0 saturated heterocycles. The van der Waals surface area contributed by atoms with Crippen LogP contribution >= 0.6 is 11.3 Å². The third-order valence-electron chi connectivity index (χ3n) is 3.06. The number of aromatic nitrogens is 1. The van der Waals surface area contributed by atoms with Gasteiger partial charge in [-0.2, -0.15) is 0 Å². The predicted molar refractivity (Wildman–Crippen MR) is 85.8 cm³/mol. The quantitative estimate of drug-likeness (QED) is 0.814. The van der Waals surface area contributed by atoms with Gasteiger partial charge >= 0.3 is 0 Å². The normalized spacial score (nSPS) is 12.6. The Balaban J connectivity index is 1.72. The Morgan fingerprint density at radius 3 is 2.76 bits per heavy atom. The summed E-state index contributed by atoms with van der Waals surface area (Å²) in [4.78, 5) is 7.76. The number of thiazole rings is 1. The van der Waals surface area contributed by atoms with E-state index in [0.717, 1.165) is 23.7 Å². The highest BCUT2D eigenvalue weighted by Gasteiger charge is 2.11. The van der Waals surface area contributed by atoms with E-state index in [4.69, 9.17) is 4.74 Å². The molecule has 21 heavy (non-hydrogen) atoms. The van der Waals surface area contributed by atoms with E-state index in [2.05, 4.69) is 16.8 Å². The maximum absolute atomic E-state index is 10.0. The second-order valence-corrected chi connectivity index (χ2v) is 6.25. The molecule has 114 valence electrons. The van der Waals surface area contributed by atoms with Crippen molar-refractivity contribution < 1.29 is 9.84 Å². The molecular formula is C16H22N2O2S. The van der Waals surface area contributed by atoms with Crippen LogP contribution in [0.2, 0.25) is 0 Å². The van der Waals surface area contributed by atoms with Gasteiger partial charge in [0.2, 0.25) is 0 Å². The first kappa shape index (κ1) is 15.9. The van der Waals surface area contributed by atoms with Crippen molar-refractivity contribution in [1.29, 1.82) is 0 Å². The van der Waals surface area contributed by atoms with Gasteiger partial charge in [0.25, 0.3) is 0 Å². The number of hydrogen-bond donors (Lipinski definition) is 1. The lowest BCUT2D eigenvalue weighted by molar-refractivity contribution is 0.0744. The van der Waals surface area contributed by atoms with E-state index in [1.54, 1.807) is 11.3 Å². The van der Waals surface area contributed by atoms with Crippen LogP contribution in [0.3, 0.4) is 0 Å². The van der Waals surface area contributed by atoms with Gasteiger partial charge in [-0.3, -0.25) is 4.90 Å². The molecule has 0 aliphatic carbocycles. The molecule has 1 unspecified atom stereocenters. The van der Waals surface area contributed by atoms with Gasteiger partial charge in [0, 0.05) is 17.6 Å². The fourth-order valence-corrected chi connectivity index (χ4v) is 2.94. The highest BCUT2D eigenvalue weighted by molar-refractivity contribution is 7.11. The Morgan fingerprint density at radius 2 is 2.10 bits per heavy atom. The van der Waals surface area contributed by atoms with Crippen molar-refractivity contribution in [2.24, 2.45) is 0 Å². The zero-order valence-corrected chi connectivity index (χ0v) is 13.3. The molecule has 0 radical (unpaired) electrons. The molecule has 4 nitrogen and oxygen atoms in total. The number of rotatable bonds is 8. The van der Waals surface area contributed by atoms with E-state index < -0.39 is 6.10 Å². The number of aliphatic hydroxyl groups is 1. The minimum absolute atomic E-state index is 0.298. The standard InChI is InChI=1S/C16H22N2O2S/c1-3-15-9-17-16(21-15)11-18(2)10-13(19)12-20-14-7-5-4-6-8-14/h4-9,13,19H,3,10-12H2,1-2H3. The second-order valence-electron chi connectivity index (χ2n) is 5.05. The Hall–Kier alpha value is -1.43. The molecular weight excluding hydrogens is 284 g/mol. The number of likely N-dealkylation sites (N-methyl/N-ethyl adjacent to an activating group) is 1. The molecule has 1 aromatic carbocycles. The number of hydrogen-bond acceptors (Lipinski definition) is 5. The summed E-state index contributed by atoms with van der Waals surface area (Å²) in [5.41, 5.74) is 0. The third-order valence-corrected chi connectivity index (χ3v) is 4.19. The van der Waals surface area contributed by atoms with E-state index in [0.29, 0.717) is 13.2 Å². The van der Waals surface area contributed by atoms with Gasteiger partial charge in [0.15, 0.2) is 0 Å². The minimum atomic E-state index is -0.513. The zero-order chi connectivity index (χ0) is 15.1. The fourth-order valence-electron chi connectivity index (χ4n) is 2.00. The molecule has 0 fully saturated rings. The van der Waals surface area contributed by atoms with Crippen LogP contribution in [0.4, 0.5) is 0 Å². The van der Waals surface area contributed by atoms with Crippen molar-refractivity contribution >= 4 is 11.3 Å². The average molecular weight is 306 g/mol. The molecule has 0 amide bonds. The van der Waals surface area contributed by atoms with Crippen molar-refractivity contribution in [3.63, 3.8) is 0 Å². The number of para-hydroxylation sites is 1. The molecule has 0 aliphatic rings. The zero-order valence-electron chi connectivity index (χ0n) is 12.5. The lowest BCUT2D eigenvalue weighted by atomic mass is 10.3. The van der Waals surface area contributed by atoms with Crippen LogP contribution < -0.4 is 4.74 Å². The fraction of sp³-hybridized carbons (Fsp3) is 0.438. The second kappa shape index (κ2) is 8.12. The highest BCUT2D eigenvalue weighted by Crippen LogP contribution is 2.15. The smallest absolute Gasteiger partial charge is 0.119 e. The van der Waals surface area contributed by atoms with Crippen molar-refractivity contribution in [2.75, 3.05) is 20.2 Å². The van der Waals surface area contributed by atoms with E-state index in [9.17, 15) is 5.11 Å². The summed E-state index contributed by atoms with van der Waals surface area (Å²) in [5.74, 6) is 0.784. The summed E-state index contributed by atoms with van der Waals surface area (Å²) >= 11 is 1.73. The Morgan fingerprint density at radius 1 is 1.33 bits per heavy atom. The molecule has 2 rings (SSSR count). The molecule has 1 N–H and O–H groups in total. The maximum atomic E-state index is 10.0. The van der Waals surface area contributed by atoms with E-state index >= 15 is 0 Å². The summed E-state index contributed by atoms with van der Waals surface area (Å²) in [7, 11) is 1.98. The van der Waals surface area contributed by atoms with Gasteiger partial charge in [0.05, 0.1) is 6.54 Å². The van der Waals surface area contributed by atoms with E-state index in [-0.39, 0.29) is 0 Å². The lowest BCUT2D eigenvalue weighted by Gasteiger charge is -2.19. The molecule has 5 heteroatoms. The van der Waals surface area contributed by atoms with Crippen molar-refractivity contribution in [3.8, 4) is 5.75 Å². The van der Waals surface area contributed by atoms with Crippen LogP contribution in [0.1, 0.15) is 16.8 Å². The summed E-state index contributed by atoms with van der Waals surface area (Å²) in [6.07, 6.45) is 2.44. The first-order valence-electron chi connectivity index (χ1n) is 7.15. The SMILES string of the molecule is CCc1cnc(CN(C)CC(O)COc2ccccc2)s1. The minimum Gasteiger partial charge on any atom is -0.491 e. The molecule has 0 spiro atoms. The average Bonchev–Trinajstić information content (AvgIpc) is 2.93. The molecule has 0 saturated carbocycles. The Labute approximate surface area is 130 Å². The number of benzene rings is 1. The van der Waals surface area contributed by atoms with Crippen LogP contribution in [0.5, 0.6) is 5.75 Å². The van der Waals surface area contributed by atoms with Crippen LogP contribution in [0, 0.1) is 0 Å². The molecule has 1 aromatic heterocycles. The first-order chi connectivity index (χ1) is 10.2. The molecule has 2 aromatic rings. The Kier molecular flexibility index (Phi) is 6.17. The number of nitrogens with zero attached hydrogens (tertiary/aromatic N) is 2. The lowest BCUT2D eigenvalue weighted by Crippen LogP contribution is -2.32. The van der Waals surface area contributed by atoms with Crippen LogP contribution in [0.25, 0.3) is 0 Å². The first-order valence-corrected chi connectivity index (χ1v) is 7.97. The monoisotopic (exact) mass is 306 g/mol. The highest BCUT2D eigenvalue weighted by atomic mass is 32.1. The molecule has 1 heterocycles. The summed E-state index contributed by atoms with van der Waals surface area (Å²) in [6.45, 7) is 3.75.